The van der Waals surface area contributed by atoms with Gasteiger partial charge < -0.3 is 41.5 Å². The summed E-state index contributed by atoms with van der Waals surface area (Å²) in [6.45, 7) is 24.5. The summed E-state index contributed by atoms with van der Waals surface area (Å²) in [4.78, 5) is 51.8. The molecule has 65 heavy (non-hydrogen) atoms. The number of isocyanates is 1. The van der Waals surface area contributed by atoms with Gasteiger partial charge in [0.25, 0.3) is 0 Å². The smallest absolute Gasteiger partial charge is 0.315 e. The zero-order valence-corrected chi connectivity index (χ0v) is 40.8. The molecular weight excluding hydrogens is 825 g/mol. The molecule has 10 atom stereocenters. The van der Waals surface area contributed by atoms with Gasteiger partial charge in [-0.05, 0) is 135 Å². The number of nitrogens with two attached hydrogens (primary N) is 1. The van der Waals surface area contributed by atoms with Crippen molar-refractivity contribution >= 4 is 23.7 Å². The van der Waals surface area contributed by atoms with Crippen LogP contribution in [0.3, 0.4) is 0 Å². The lowest BCUT2D eigenvalue weighted by Crippen LogP contribution is -2.61. The van der Waals surface area contributed by atoms with Gasteiger partial charge in [0.2, 0.25) is 6.08 Å². The summed E-state index contributed by atoms with van der Waals surface area (Å²) in [6, 6.07) is 7.94. The number of nitrogens with one attached hydrogen (secondary N) is 2. The van der Waals surface area contributed by atoms with Crippen molar-refractivity contribution < 1.29 is 44.3 Å². The first-order valence-electron chi connectivity index (χ1n) is 24.0. The van der Waals surface area contributed by atoms with Gasteiger partial charge in [0.05, 0.1) is 0 Å². The molecule has 5 fully saturated rings. The van der Waals surface area contributed by atoms with Gasteiger partial charge in [-0.25, -0.2) is 14.6 Å². The molecule has 0 radical (unpaired) electrons. The molecule has 0 spiro atoms. The number of benzene rings is 2. The maximum atomic E-state index is 13.8. The molecule has 1 heterocycles. The van der Waals surface area contributed by atoms with Crippen LogP contribution in [0.5, 0.6) is 23.0 Å². The summed E-state index contributed by atoms with van der Waals surface area (Å²) in [5, 5.41) is 45.4. The third-order valence-corrected chi connectivity index (χ3v) is 16.0. The monoisotopic (exact) mass is 905 g/mol. The van der Waals surface area contributed by atoms with E-state index in [0.29, 0.717) is 30.1 Å². The van der Waals surface area contributed by atoms with Crippen molar-refractivity contribution in [3.05, 3.63) is 47.5 Å². The number of urea groups is 1. The van der Waals surface area contributed by atoms with Crippen molar-refractivity contribution in [2.75, 3.05) is 26.3 Å². The van der Waals surface area contributed by atoms with E-state index in [0.717, 1.165) is 58.2 Å². The number of nitrogens with zero attached hydrogens (tertiary/aromatic N) is 1. The Labute approximate surface area is 387 Å². The van der Waals surface area contributed by atoms with Gasteiger partial charge in [0.1, 0.15) is 23.0 Å². The van der Waals surface area contributed by atoms with Crippen molar-refractivity contribution in [1.29, 1.82) is 0 Å². The molecular formula is C52H80N4O9. The maximum absolute atomic E-state index is 13.8. The lowest BCUT2D eigenvalue weighted by atomic mass is 9.45. The van der Waals surface area contributed by atoms with Gasteiger partial charge in [0.15, 0.2) is 11.6 Å². The predicted molar refractivity (Wildman–Crippen MR) is 254 cm³/mol. The van der Waals surface area contributed by atoms with Crippen LogP contribution in [0.4, 0.5) is 4.79 Å². The average Bonchev–Trinajstić information content (AvgIpc) is 3.80. The van der Waals surface area contributed by atoms with Gasteiger partial charge >= 0.3 is 6.03 Å². The molecule has 5 aliphatic rings. The Balaban J connectivity index is 0.000000237. The second-order valence-corrected chi connectivity index (χ2v) is 21.3. The van der Waals surface area contributed by atoms with Crippen molar-refractivity contribution in [3.63, 3.8) is 0 Å². The molecule has 2 aromatic rings. The fourth-order valence-corrected chi connectivity index (χ4v) is 12.9. The van der Waals surface area contributed by atoms with E-state index in [4.69, 9.17) is 15.3 Å². The number of fused-ring (bicyclic) bond motifs is 2. The van der Waals surface area contributed by atoms with Crippen molar-refractivity contribution in [1.82, 2.24) is 10.6 Å². The minimum absolute atomic E-state index is 0.000880. The topological polar surface area (TPSA) is 221 Å². The summed E-state index contributed by atoms with van der Waals surface area (Å²) in [5.41, 5.74) is 7.11. The lowest BCUT2D eigenvalue weighted by molar-refractivity contribution is -0.0898. The number of rotatable bonds is 7. The molecule has 362 valence electrons. The Hall–Kier alpha value is -4.45. The van der Waals surface area contributed by atoms with Crippen LogP contribution in [0.25, 0.3) is 0 Å². The number of amides is 2. The highest BCUT2D eigenvalue weighted by atomic mass is 16.5. The summed E-state index contributed by atoms with van der Waals surface area (Å²) in [6.07, 6.45) is 12.2. The molecule has 7 rings (SSSR count). The minimum Gasteiger partial charge on any atom is -0.508 e. The number of carbonyl (C=O) groups is 3. The molecule has 0 bridgehead atoms. The SMILES string of the molecule is C1CCOC1.CCN=C=O.CCNC(=O)N[C@@H]1C[C@H]2C(C)(C)CCC[C@]2(C)[C@@H](C(=O)c2cc(O)cc(O)c2)[C@@H]1C.C[C@@H]1[C@H](N)C[C@H]2C(C)(C)CCC[C@]2(C)[C@H]1C(=O)c1cc(O)cc(O)c1. The number of Topliss-reactive ketones (excluding diaryl/α,β-unsaturated/α-hetero) is 2. The number of aliphatic imine (C=N–C) groups is 1. The highest BCUT2D eigenvalue weighted by molar-refractivity contribution is 6.00. The van der Waals surface area contributed by atoms with Crippen molar-refractivity contribution in [2.45, 2.75) is 146 Å². The van der Waals surface area contributed by atoms with Crippen LogP contribution in [0, 0.1) is 57.2 Å². The van der Waals surface area contributed by atoms with Gasteiger partial charge in [-0.2, -0.15) is 0 Å². The Kier molecular flexibility index (Phi) is 18.3. The van der Waals surface area contributed by atoms with Gasteiger partial charge in [-0.3, -0.25) is 9.59 Å². The van der Waals surface area contributed by atoms with E-state index < -0.39 is 0 Å². The quantitative estimate of drug-likeness (QED) is 0.0792. The second kappa shape index (κ2) is 22.4. The molecule has 1 aliphatic heterocycles. The number of hydrogen-bond acceptors (Lipinski definition) is 11. The van der Waals surface area contributed by atoms with Crippen molar-refractivity contribution in [2.24, 2.45) is 67.9 Å². The lowest BCUT2D eigenvalue weighted by Gasteiger charge is -2.60. The minimum atomic E-state index is -0.316. The molecule has 13 nitrogen and oxygen atoms in total. The molecule has 13 heteroatoms. The Morgan fingerprint density at radius 3 is 1.49 bits per heavy atom. The van der Waals surface area contributed by atoms with Crippen LogP contribution >= 0.6 is 0 Å². The first-order valence-corrected chi connectivity index (χ1v) is 24.0. The number of phenols is 4. The molecule has 2 amide bonds. The number of aromatic hydroxyl groups is 4. The van der Waals surface area contributed by atoms with E-state index in [1.807, 2.05) is 13.8 Å². The van der Waals surface area contributed by atoms with E-state index >= 15 is 0 Å². The highest BCUT2D eigenvalue weighted by Gasteiger charge is 2.60. The summed E-state index contributed by atoms with van der Waals surface area (Å²) in [7, 11) is 0. The Morgan fingerprint density at radius 1 is 0.692 bits per heavy atom. The number of ether oxygens (including phenoxy) is 1. The Morgan fingerprint density at radius 2 is 1.12 bits per heavy atom. The molecule has 8 N–H and O–H groups in total. The number of carbonyl (C=O) groups excluding carboxylic acids is 4. The van der Waals surface area contributed by atoms with E-state index in [1.54, 1.807) is 6.92 Å². The number of phenolic OH excluding ortho intramolecular Hbond substituents is 4. The van der Waals surface area contributed by atoms with Crippen LogP contribution < -0.4 is 16.4 Å². The molecule has 0 aromatic heterocycles. The number of ketones is 2. The maximum Gasteiger partial charge on any atom is 0.315 e. The van der Waals surface area contributed by atoms with E-state index in [1.165, 1.54) is 61.7 Å². The third-order valence-electron chi connectivity index (χ3n) is 16.0. The average molecular weight is 905 g/mol. The normalized spacial score (nSPS) is 31.7. The largest absolute Gasteiger partial charge is 0.508 e. The van der Waals surface area contributed by atoms with Crippen LogP contribution in [-0.2, 0) is 9.53 Å². The standard InChI is InChI=1S/C24H36N2O4.C21H31NO3.C4H8O.C3H5NO/c1-6-25-22(30)26-18-13-19-23(3,4)8-7-9-24(19,5)20(14(18)2)21(29)15-10-16(27)12-17(28)11-15;1-12-16(22)11-17-20(2,3)6-5-7-21(17,4)18(12)19(25)13-8-14(23)10-15(24)9-13;1-2-4-5-3-1;1-2-4-3-5/h10-12,14,18-20,27-28H,6-9,13H2,1-5H3,(H2,25,26,30);8-10,12,16-18,23-24H,5-7,11,22H2,1-4H3;1-4H2;2H2,1H3/t14-,18-,19+,20-,24+;12-,16-,17+,18-,21+;;/m11../s1. The summed E-state index contributed by atoms with van der Waals surface area (Å²) in [5.74, 6) is -0.294. The van der Waals surface area contributed by atoms with Crippen molar-refractivity contribution in [3.8, 4) is 23.0 Å². The fourth-order valence-electron chi connectivity index (χ4n) is 12.9. The molecule has 4 aliphatic carbocycles. The van der Waals surface area contributed by atoms with Gasteiger partial charge in [-0.1, -0.05) is 68.2 Å². The molecule has 4 saturated carbocycles. The summed E-state index contributed by atoms with van der Waals surface area (Å²) < 4.78 is 4.94. The molecule has 2 aromatic carbocycles. The zero-order valence-electron chi connectivity index (χ0n) is 40.8. The second-order valence-electron chi connectivity index (χ2n) is 21.3. The van der Waals surface area contributed by atoms with E-state index in [-0.39, 0.29) is 104 Å². The van der Waals surface area contributed by atoms with Crippen LogP contribution in [0.15, 0.2) is 41.4 Å². The van der Waals surface area contributed by atoms with Crippen LogP contribution in [-0.4, -0.2) is 82.5 Å². The zero-order chi connectivity index (χ0) is 48.5. The van der Waals surface area contributed by atoms with E-state index in [9.17, 15) is 34.8 Å². The van der Waals surface area contributed by atoms with Gasteiger partial charge in [0, 0.05) is 73.5 Å². The highest BCUT2D eigenvalue weighted by Crippen LogP contribution is 2.63. The predicted octanol–water partition coefficient (Wildman–Crippen LogP) is 9.69. The molecule has 0 unspecified atom stereocenters. The van der Waals surface area contributed by atoms with Gasteiger partial charge in [-0.15, -0.1) is 0 Å². The van der Waals surface area contributed by atoms with Crippen LogP contribution in [0.1, 0.15) is 154 Å². The third kappa shape index (κ3) is 12.5. The molecule has 1 saturated heterocycles. The summed E-state index contributed by atoms with van der Waals surface area (Å²) >= 11 is 0. The van der Waals surface area contributed by atoms with Crippen LogP contribution in [0.2, 0.25) is 0 Å². The first kappa shape index (κ1) is 53.2. The van der Waals surface area contributed by atoms with E-state index in [2.05, 4.69) is 64.1 Å². The number of hydrogen-bond donors (Lipinski definition) is 7. The fraction of sp³-hybridized carbons (Fsp3) is 0.692. The Bertz CT molecular complexity index is 1950. The first-order chi connectivity index (χ1) is 30.5.